The molecule has 1 aliphatic heterocycles. The van der Waals surface area contributed by atoms with Gasteiger partial charge >= 0.3 is 0 Å². The number of anilines is 1. The fraction of sp³-hybridized carbons (Fsp3) is 0.357. The first kappa shape index (κ1) is 13.4. The molecule has 0 radical (unpaired) electrons. The van der Waals surface area contributed by atoms with E-state index in [0.29, 0.717) is 0 Å². The zero-order chi connectivity index (χ0) is 12.8. The van der Waals surface area contributed by atoms with Gasteiger partial charge in [-0.25, -0.2) is 0 Å². The standard InChI is InChI=1S/C14H15IN2O/c15-9-1-3-11-5-7-12(8-6-11)17-14(18)13-4-2-10-16-13/h5-8,13,16H,2,4,9-10H2,(H,17,18). The molecule has 1 amide bonds. The van der Waals surface area contributed by atoms with Crippen LogP contribution in [0.5, 0.6) is 0 Å². The second-order valence-electron chi connectivity index (χ2n) is 4.15. The lowest BCUT2D eigenvalue weighted by Gasteiger charge is -2.10. The largest absolute Gasteiger partial charge is 0.325 e. The van der Waals surface area contributed by atoms with Crippen molar-refractivity contribution in [3.05, 3.63) is 29.8 Å². The molecule has 1 saturated heterocycles. The molecule has 18 heavy (non-hydrogen) atoms. The third-order valence-electron chi connectivity index (χ3n) is 2.83. The first-order valence-corrected chi connectivity index (χ1v) is 7.51. The van der Waals surface area contributed by atoms with E-state index < -0.39 is 0 Å². The van der Waals surface area contributed by atoms with Gasteiger partial charge in [0, 0.05) is 11.3 Å². The number of benzene rings is 1. The van der Waals surface area contributed by atoms with Crippen LogP contribution in [0.1, 0.15) is 18.4 Å². The van der Waals surface area contributed by atoms with Gasteiger partial charge in [0.15, 0.2) is 0 Å². The maximum absolute atomic E-state index is 11.9. The Bertz CT molecular complexity index is 467. The molecule has 1 unspecified atom stereocenters. The van der Waals surface area contributed by atoms with Crippen molar-refractivity contribution < 1.29 is 4.79 Å². The number of hydrogen-bond acceptors (Lipinski definition) is 2. The average Bonchev–Trinajstić information content (AvgIpc) is 2.92. The minimum absolute atomic E-state index is 0.0384. The van der Waals surface area contributed by atoms with Crippen LogP contribution < -0.4 is 10.6 Å². The van der Waals surface area contributed by atoms with Crippen molar-refractivity contribution in [2.24, 2.45) is 0 Å². The van der Waals surface area contributed by atoms with Gasteiger partial charge in [-0.05, 0) is 43.7 Å². The summed E-state index contributed by atoms with van der Waals surface area (Å²) in [6.07, 6.45) is 1.99. The van der Waals surface area contributed by atoms with Crippen molar-refractivity contribution >= 4 is 34.2 Å². The molecule has 4 heteroatoms. The summed E-state index contributed by atoms with van der Waals surface area (Å²) in [5.41, 5.74) is 1.80. The summed E-state index contributed by atoms with van der Waals surface area (Å²) >= 11 is 2.22. The second-order valence-corrected chi connectivity index (χ2v) is 4.91. The fourth-order valence-corrected chi connectivity index (χ4v) is 2.10. The van der Waals surface area contributed by atoms with Crippen LogP contribution in [0.4, 0.5) is 5.69 Å². The van der Waals surface area contributed by atoms with Crippen LogP contribution >= 0.6 is 22.6 Å². The molecular weight excluding hydrogens is 339 g/mol. The highest BCUT2D eigenvalue weighted by molar-refractivity contribution is 14.1. The molecule has 1 fully saturated rings. The van der Waals surface area contributed by atoms with Crippen LogP contribution in [0.25, 0.3) is 0 Å². The van der Waals surface area contributed by atoms with Gasteiger partial charge in [0.05, 0.1) is 10.5 Å². The summed E-state index contributed by atoms with van der Waals surface area (Å²) in [6.45, 7) is 0.933. The minimum Gasteiger partial charge on any atom is -0.325 e. The lowest BCUT2D eigenvalue weighted by atomic mass is 10.2. The van der Waals surface area contributed by atoms with Gasteiger partial charge in [-0.1, -0.05) is 34.4 Å². The second kappa shape index (κ2) is 6.76. The Balaban J connectivity index is 1.95. The van der Waals surface area contributed by atoms with Gasteiger partial charge in [0.2, 0.25) is 5.91 Å². The number of hydrogen-bond donors (Lipinski definition) is 2. The molecule has 94 valence electrons. The SMILES string of the molecule is O=C(Nc1ccc(C#CCI)cc1)C1CCCN1. The van der Waals surface area contributed by atoms with Crippen molar-refractivity contribution in [1.29, 1.82) is 0 Å². The Morgan fingerprint density at radius 3 is 2.83 bits per heavy atom. The zero-order valence-corrected chi connectivity index (χ0v) is 12.2. The first-order chi connectivity index (χ1) is 8.79. The summed E-state index contributed by atoms with van der Waals surface area (Å²) in [5.74, 6) is 6.11. The number of halogens is 1. The molecule has 2 N–H and O–H groups in total. The fourth-order valence-electron chi connectivity index (χ4n) is 1.91. The molecule has 2 rings (SSSR count). The maximum Gasteiger partial charge on any atom is 0.241 e. The van der Waals surface area contributed by atoms with Crippen molar-refractivity contribution in [3.63, 3.8) is 0 Å². The van der Waals surface area contributed by atoms with Gasteiger partial charge in [0.1, 0.15) is 0 Å². The highest BCUT2D eigenvalue weighted by Crippen LogP contribution is 2.12. The van der Waals surface area contributed by atoms with E-state index in [9.17, 15) is 4.79 Å². The third kappa shape index (κ3) is 3.72. The quantitative estimate of drug-likeness (QED) is 0.486. The van der Waals surface area contributed by atoms with E-state index in [2.05, 4.69) is 45.1 Å². The number of carbonyl (C=O) groups is 1. The smallest absolute Gasteiger partial charge is 0.241 e. The van der Waals surface area contributed by atoms with Crippen molar-refractivity contribution in [2.45, 2.75) is 18.9 Å². The van der Waals surface area contributed by atoms with E-state index in [1.54, 1.807) is 0 Å². The summed E-state index contributed by atoms with van der Waals surface area (Å²) in [4.78, 5) is 11.9. The first-order valence-electron chi connectivity index (χ1n) is 5.99. The summed E-state index contributed by atoms with van der Waals surface area (Å²) in [6, 6.07) is 7.60. The van der Waals surface area contributed by atoms with E-state index in [1.807, 2.05) is 24.3 Å². The Morgan fingerprint density at radius 2 is 2.22 bits per heavy atom. The van der Waals surface area contributed by atoms with Crippen molar-refractivity contribution in [3.8, 4) is 11.8 Å². The van der Waals surface area contributed by atoms with E-state index in [4.69, 9.17) is 0 Å². The van der Waals surface area contributed by atoms with Gasteiger partial charge in [0.25, 0.3) is 0 Å². The Labute approximate surface area is 121 Å². The molecule has 1 aromatic rings. The highest BCUT2D eigenvalue weighted by atomic mass is 127. The van der Waals surface area contributed by atoms with E-state index >= 15 is 0 Å². The molecule has 1 heterocycles. The van der Waals surface area contributed by atoms with Crippen LogP contribution in [-0.2, 0) is 4.79 Å². The van der Waals surface area contributed by atoms with E-state index in [0.717, 1.165) is 35.1 Å². The molecule has 0 bridgehead atoms. The summed E-state index contributed by atoms with van der Waals surface area (Å²) < 4.78 is 0.823. The monoisotopic (exact) mass is 354 g/mol. The number of alkyl halides is 1. The van der Waals surface area contributed by atoms with Gasteiger partial charge in [-0.15, -0.1) is 0 Å². The van der Waals surface area contributed by atoms with Crippen LogP contribution in [0, 0.1) is 11.8 Å². The summed E-state index contributed by atoms with van der Waals surface area (Å²) in [7, 11) is 0. The number of rotatable bonds is 2. The Hall–Kier alpha value is -1.06. The van der Waals surface area contributed by atoms with Gasteiger partial charge < -0.3 is 10.6 Å². The van der Waals surface area contributed by atoms with Crippen LogP contribution in [0.3, 0.4) is 0 Å². The molecule has 0 saturated carbocycles. The van der Waals surface area contributed by atoms with E-state index in [1.165, 1.54) is 0 Å². The predicted molar refractivity (Wildman–Crippen MR) is 81.9 cm³/mol. The highest BCUT2D eigenvalue weighted by Gasteiger charge is 2.21. The zero-order valence-electron chi connectivity index (χ0n) is 10.0. The van der Waals surface area contributed by atoms with Crippen molar-refractivity contribution in [2.75, 3.05) is 16.3 Å². The molecule has 1 atom stereocenters. The lowest BCUT2D eigenvalue weighted by Crippen LogP contribution is -2.35. The normalized spacial score (nSPS) is 17.9. The predicted octanol–water partition coefficient (Wildman–Crippen LogP) is 2.16. The van der Waals surface area contributed by atoms with Gasteiger partial charge in [-0.2, -0.15) is 0 Å². The molecule has 3 nitrogen and oxygen atoms in total. The number of carbonyl (C=O) groups excluding carboxylic acids is 1. The molecule has 0 aliphatic carbocycles. The molecule has 1 aromatic carbocycles. The number of amides is 1. The van der Waals surface area contributed by atoms with E-state index in [-0.39, 0.29) is 11.9 Å². The molecular formula is C14H15IN2O. The average molecular weight is 354 g/mol. The lowest BCUT2D eigenvalue weighted by molar-refractivity contribution is -0.117. The number of nitrogens with one attached hydrogen (secondary N) is 2. The maximum atomic E-state index is 11.9. The minimum atomic E-state index is -0.0384. The van der Waals surface area contributed by atoms with Gasteiger partial charge in [-0.3, -0.25) is 4.79 Å². The summed E-state index contributed by atoms with van der Waals surface area (Å²) in [5, 5.41) is 6.10. The van der Waals surface area contributed by atoms with Crippen LogP contribution in [-0.4, -0.2) is 22.9 Å². The molecule has 1 aliphatic rings. The topological polar surface area (TPSA) is 41.1 Å². The van der Waals surface area contributed by atoms with Crippen LogP contribution in [0.15, 0.2) is 24.3 Å². The molecule has 0 spiro atoms. The Morgan fingerprint density at radius 1 is 1.44 bits per heavy atom. The van der Waals surface area contributed by atoms with Crippen LogP contribution in [0.2, 0.25) is 0 Å². The van der Waals surface area contributed by atoms with Crippen molar-refractivity contribution in [1.82, 2.24) is 5.32 Å². The third-order valence-corrected chi connectivity index (χ3v) is 3.21. The Kier molecular flexibility index (Phi) is 5.02. The molecule has 0 aromatic heterocycles.